The average molecular weight is 495 g/mol. The fourth-order valence-corrected chi connectivity index (χ4v) is 6.34. The van der Waals surface area contributed by atoms with Crippen LogP contribution in [-0.2, 0) is 9.84 Å². The highest BCUT2D eigenvalue weighted by Crippen LogP contribution is 2.50. The molecule has 26 heavy (non-hydrogen) atoms. The van der Waals surface area contributed by atoms with Gasteiger partial charge in [-0.15, -0.1) is 24.0 Å². The molecule has 0 radical (unpaired) electrons. The maximum atomic E-state index is 11.7. The number of sulfone groups is 1. The fourth-order valence-electron chi connectivity index (χ4n) is 4.48. The first kappa shape index (κ1) is 22.0. The van der Waals surface area contributed by atoms with Crippen molar-refractivity contribution in [2.24, 2.45) is 22.2 Å². The van der Waals surface area contributed by atoms with E-state index in [1.54, 1.807) is 0 Å². The Balaban J connectivity index is 0.00000243. The summed E-state index contributed by atoms with van der Waals surface area (Å²) in [6.07, 6.45) is 6.00. The van der Waals surface area contributed by atoms with E-state index in [-0.39, 0.29) is 29.9 Å². The number of rotatable bonds is 4. The van der Waals surface area contributed by atoms with Crippen LogP contribution in [-0.4, -0.2) is 57.0 Å². The lowest BCUT2D eigenvalue weighted by atomic mass is 9.59. The van der Waals surface area contributed by atoms with E-state index in [2.05, 4.69) is 23.7 Å². The minimum absolute atomic E-state index is 0. The molecule has 1 saturated carbocycles. The molecule has 5 nitrogen and oxygen atoms in total. The summed E-state index contributed by atoms with van der Waals surface area (Å²) in [4.78, 5) is 7.18. The van der Waals surface area contributed by atoms with Crippen molar-refractivity contribution in [3.63, 3.8) is 0 Å². The number of hydrogen-bond donors (Lipinski definition) is 1. The minimum atomic E-state index is -2.82. The molecule has 2 aliphatic heterocycles. The molecule has 2 heterocycles. The number of guanidine groups is 1. The first-order chi connectivity index (χ1) is 11.8. The van der Waals surface area contributed by atoms with E-state index in [1.165, 1.54) is 25.7 Å². The van der Waals surface area contributed by atoms with Gasteiger partial charge in [-0.1, -0.05) is 25.5 Å². The Morgan fingerprint density at radius 2 is 2.08 bits per heavy atom. The minimum Gasteiger partial charge on any atom is -0.356 e. The monoisotopic (exact) mass is 495 g/mol. The third kappa shape index (κ3) is 5.14. The summed E-state index contributed by atoms with van der Waals surface area (Å²) in [5.74, 6) is 2.60. The Morgan fingerprint density at radius 1 is 1.35 bits per heavy atom. The Bertz CT molecular complexity index is 643. The molecule has 0 aromatic rings. The summed E-state index contributed by atoms with van der Waals surface area (Å²) in [6.45, 7) is 11.8. The van der Waals surface area contributed by atoms with Gasteiger partial charge in [-0.25, -0.2) is 13.4 Å². The molecule has 3 rings (SSSR count). The molecule has 3 aliphatic rings. The zero-order valence-electron chi connectivity index (χ0n) is 16.2. The SMILES string of the molecule is C=C(C)CN=C(NCC1CCS(=O)(=O)C1)N1CCC(C)C2(CCC2)C1.I. The topological polar surface area (TPSA) is 61.8 Å². The van der Waals surface area contributed by atoms with Crippen LogP contribution in [0.5, 0.6) is 0 Å². The number of hydrogen-bond acceptors (Lipinski definition) is 3. The van der Waals surface area contributed by atoms with Gasteiger partial charge in [0.2, 0.25) is 0 Å². The van der Waals surface area contributed by atoms with E-state index in [9.17, 15) is 8.42 Å². The third-order valence-electron chi connectivity index (χ3n) is 6.41. The summed E-state index contributed by atoms with van der Waals surface area (Å²) in [7, 11) is -2.82. The largest absolute Gasteiger partial charge is 0.356 e. The maximum absolute atomic E-state index is 11.7. The van der Waals surface area contributed by atoms with E-state index < -0.39 is 9.84 Å². The molecule has 1 spiro atoms. The number of nitrogens with one attached hydrogen (secondary N) is 1. The predicted octanol–water partition coefficient (Wildman–Crippen LogP) is 3.07. The third-order valence-corrected chi connectivity index (χ3v) is 8.24. The highest BCUT2D eigenvalue weighted by molar-refractivity contribution is 14.0. The molecule has 7 heteroatoms. The number of aliphatic imine (C=N–C) groups is 1. The molecule has 150 valence electrons. The number of halogens is 1. The summed E-state index contributed by atoms with van der Waals surface area (Å²) in [5.41, 5.74) is 1.52. The number of nitrogens with zero attached hydrogens (tertiary/aromatic N) is 2. The molecule has 2 atom stereocenters. The zero-order valence-corrected chi connectivity index (χ0v) is 19.3. The molecule has 2 saturated heterocycles. The molecular formula is C19H34IN3O2S. The Labute approximate surface area is 176 Å². The maximum Gasteiger partial charge on any atom is 0.194 e. The van der Waals surface area contributed by atoms with Gasteiger partial charge < -0.3 is 10.2 Å². The van der Waals surface area contributed by atoms with Crippen molar-refractivity contribution >= 4 is 39.8 Å². The van der Waals surface area contributed by atoms with Crippen molar-refractivity contribution in [3.8, 4) is 0 Å². The van der Waals surface area contributed by atoms with Crippen LogP contribution in [0.4, 0.5) is 0 Å². The second-order valence-corrected chi connectivity index (χ2v) is 10.8. The smallest absolute Gasteiger partial charge is 0.194 e. The van der Waals surface area contributed by atoms with Gasteiger partial charge in [0.1, 0.15) is 0 Å². The van der Waals surface area contributed by atoms with Gasteiger partial charge in [0.15, 0.2) is 15.8 Å². The van der Waals surface area contributed by atoms with Gasteiger partial charge in [0, 0.05) is 19.6 Å². The van der Waals surface area contributed by atoms with Gasteiger partial charge in [-0.2, -0.15) is 0 Å². The quantitative estimate of drug-likeness (QED) is 0.282. The summed E-state index contributed by atoms with van der Waals surface area (Å²) in [6, 6.07) is 0. The van der Waals surface area contributed by atoms with Crippen LogP contribution in [0.25, 0.3) is 0 Å². The predicted molar refractivity (Wildman–Crippen MR) is 119 cm³/mol. The molecule has 0 aromatic carbocycles. The van der Waals surface area contributed by atoms with Crippen molar-refractivity contribution in [1.29, 1.82) is 0 Å². The molecule has 0 amide bonds. The second kappa shape index (κ2) is 8.80. The standard InChI is InChI=1S/C19H33N3O2S.HI/c1-15(2)11-20-18(21-12-17-6-10-25(23,24)13-17)22-9-5-16(3)19(14-22)7-4-8-19;/h16-17H,1,4-14H2,2-3H3,(H,20,21);1H. The van der Waals surface area contributed by atoms with Gasteiger partial charge in [-0.05, 0) is 49.9 Å². The van der Waals surface area contributed by atoms with Crippen LogP contribution in [0.15, 0.2) is 17.1 Å². The van der Waals surface area contributed by atoms with Crippen LogP contribution in [0.2, 0.25) is 0 Å². The van der Waals surface area contributed by atoms with Crippen LogP contribution in [0.1, 0.15) is 46.0 Å². The Morgan fingerprint density at radius 3 is 2.62 bits per heavy atom. The van der Waals surface area contributed by atoms with Crippen LogP contribution in [0.3, 0.4) is 0 Å². The average Bonchev–Trinajstić information content (AvgIpc) is 2.85. The zero-order chi connectivity index (χ0) is 18.1. The molecule has 1 N–H and O–H groups in total. The second-order valence-electron chi connectivity index (χ2n) is 8.57. The van der Waals surface area contributed by atoms with Crippen LogP contribution >= 0.6 is 24.0 Å². The Hall–Kier alpha value is -0.310. The molecule has 3 fully saturated rings. The van der Waals surface area contributed by atoms with Gasteiger partial charge in [0.05, 0.1) is 18.1 Å². The molecule has 2 unspecified atom stereocenters. The highest BCUT2D eigenvalue weighted by atomic mass is 127. The first-order valence-electron chi connectivity index (χ1n) is 9.68. The summed E-state index contributed by atoms with van der Waals surface area (Å²) in [5, 5.41) is 3.50. The van der Waals surface area contributed by atoms with Gasteiger partial charge in [0.25, 0.3) is 0 Å². The van der Waals surface area contributed by atoms with Crippen LogP contribution < -0.4 is 5.32 Å². The molecule has 0 bridgehead atoms. The van der Waals surface area contributed by atoms with Crippen molar-refractivity contribution in [1.82, 2.24) is 10.2 Å². The Kier molecular flexibility index (Phi) is 7.44. The van der Waals surface area contributed by atoms with E-state index in [1.807, 2.05) is 6.92 Å². The lowest BCUT2D eigenvalue weighted by Crippen LogP contribution is -2.56. The highest BCUT2D eigenvalue weighted by Gasteiger charge is 2.46. The van der Waals surface area contributed by atoms with E-state index in [0.29, 0.717) is 30.0 Å². The van der Waals surface area contributed by atoms with Crippen molar-refractivity contribution in [2.45, 2.75) is 46.0 Å². The van der Waals surface area contributed by atoms with Crippen molar-refractivity contribution < 1.29 is 8.42 Å². The lowest BCUT2D eigenvalue weighted by molar-refractivity contribution is -0.00513. The van der Waals surface area contributed by atoms with E-state index in [4.69, 9.17) is 4.99 Å². The van der Waals surface area contributed by atoms with Crippen molar-refractivity contribution in [2.75, 3.05) is 37.7 Å². The lowest BCUT2D eigenvalue weighted by Gasteiger charge is -2.53. The van der Waals surface area contributed by atoms with Crippen molar-refractivity contribution in [3.05, 3.63) is 12.2 Å². The fraction of sp³-hybridized carbons (Fsp3) is 0.842. The first-order valence-corrected chi connectivity index (χ1v) is 11.5. The van der Waals surface area contributed by atoms with E-state index >= 15 is 0 Å². The molecular weight excluding hydrogens is 461 g/mol. The van der Waals surface area contributed by atoms with Gasteiger partial charge in [-0.3, -0.25) is 0 Å². The summed E-state index contributed by atoms with van der Waals surface area (Å²) >= 11 is 0. The molecule has 1 aliphatic carbocycles. The van der Waals surface area contributed by atoms with E-state index in [0.717, 1.165) is 37.0 Å². The molecule has 0 aromatic heterocycles. The number of likely N-dealkylation sites (tertiary alicyclic amines) is 1. The number of piperidine rings is 1. The normalized spacial score (nSPS) is 29.8. The van der Waals surface area contributed by atoms with Gasteiger partial charge >= 0.3 is 0 Å². The van der Waals surface area contributed by atoms with Crippen LogP contribution in [0, 0.1) is 17.3 Å². The summed E-state index contributed by atoms with van der Waals surface area (Å²) < 4.78 is 23.4.